The van der Waals surface area contributed by atoms with Crippen LogP contribution >= 0.6 is 0 Å². The Bertz CT molecular complexity index is 327. The lowest BCUT2D eigenvalue weighted by Gasteiger charge is -2.58. The van der Waals surface area contributed by atoms with E-state index in [1.807, 2.05) is 0 Å². The number of hydrogen-bond acceptors (Lipinski definition) is 3. The van der Waals surface area contributed by atoms with Crippen molar-refractivity contribution in [1.82, 2.24) is 9.96 Å². The van der Waals surface area contributed by atoms with Crippen LogP contribution in [0.4, 0.5) is 0 Å². The molecule has 3 nitrogen and oxygen atoms in total. The molecule has 0 radical (unpaired) electrons. The van der Waals surface area contributed by atoms with Crippen LogP contribution in [0.15, 0.2) is 0 Å². The van der Waals surface area contributed by atoms with Crippen molar-refractivity contribution in [3.05, 3.63) is 0 Å². The number of piperazine rings is 1. The van der Waals surface area contributed by atoms with Crippen LogP contribution in [-0.4, -0.2) is 47.4 Å². The first kappa shape index (κ1) is 13.5. The van der Waals surface area contributed by atoms with Gasteiger partial charge in [0.2, 0.25) is 0 Å². The van der Waals surface area contributed by atoms with Crippen LogP contribution in [-0.2, 0) is 0 Å². The van der Waals surface area contributed by atoms with Gasteiger partial charge < -0.3 is 5.21 Å². The van der Waals surface area contributed by atoms with Gasteiger partial charge in [0.1, 0.15) is 0 Å². The van der Waals surface area contributed by atoms with Gasteiger partial charge in [0.25, 0.3) is 0 Å². The minimum Gasteiger partial charge on any atom is -0.314 e. The molecule has 1 N–H and O–H groups in total. The molecular formula is C17H30N2O. The van der Waals surface area contributed by atoms with E-state index < -0.39 is 0 Å². The molecule has 5 rings (SSSR count). The molecule has 4 aliphatic carbocycles. The van der Waals surface area contributed by atoms with E-state index >= 15 is 0 Å². The number of rotatable bonds is 3. The molecule has 5 aliphatic rings. The smallest absolute Gasteiger partial charge is 0.0366 e. The lowest BCUT2D eigenvalue weighted by Crippen LogP contribution is -2.52. The van der Waals surface area contributed by atoms with E-state index in [1.165, 1.54) is 30.7 Å². The molecule has 3 heteroatoms. The molecule has 1 saturated heterocycles. The van der Waals surface area contributed by atoms with Crippen LogP contribution in [0.2, 0.25) is 0 Å². The second kappa shape index (κ2) is 4.96. The molecule has 1 aliphatic heterocycles. The Morgan fingerprint density at radius 1 is 0.950 bits per heavy atom. The Morgan fingerprint density at radius 2 is 1.45 bits per heavy atom. The highest BCUT2D eigenvalue weighted by atomic mass is 16.5. The quantitative estimate of drug-likeness (QED) is 0.860. The van der Waals surface area contributed by atoms with Gasteiger partial charge in [-0.05, 0) is 75.0 Å². The van der Waals surface area contributed by atoms with E-state index in [4.69, 9.17) is 0 Å². The van der Waals surface area contributed by atoms with Crippen molar-refractivity contribution in [1.29, 1.82) is 0 Å². The molecule has 4 saturated carbocycles. The minimum absolute atomic E-state index is 0.699. The first-order valence-corrected chi connectivity index (χ1v) is 8.80. The van der Waals surface area contributed by atoms with Crippen molar-refractivity contribution in [3.63, 3.8) is 0 Å². The standard InChI is InChI=1S/C17H30N2O/c1-13(18-2-4-19(20)5-3-18)9-17-10-14-6-15(11-17)8-16(7-14)12-17/h13-16,20H,2-12H2,1H3. The Balaban J connectivity index is 1.41. The van der Waals surface area contributed by atoms with Crippen LogP contribution < -0.4 is 0 Å². The zero-order chi connectivity index (χ0) is 13.7. The second-order valence-corrected chi connectivity index (χ2v) is 8.46. The molecule has 5 fully saturated rings. The molecule has 114 valence electrons. The van der Waals surface area contributed by atoms with Gasteiger partial charge in [0.15, 0.2) is 0 Å². The van der Waals surface area contributed by atoms with E-state index in [0.29, 0.717) is 11.5 Å². The Morgan fingerprint density at radius 3 is 1.95 bits per heavy atom. The van der Waals surface area contributed by atoms with Gasteiger partial charge in [-0.25, -0.2) is 0 Å². The lowest BCUT2D eigenvalue weighted by molar-refractivity contribution is -0.126. The maximum Gasteiger partial charge on any atom is 0.0366 e. The number of hydroxylamine groups is 2. The number of nitrogens with zero attached hydrogens (tertiary/aromatic N) is 2. The molecule has 0 aromatic heterocycles. The highest BCUT2D eigenvalue weighted by Gasteiger charge is 2.51. The van der Waals surface area contributed by atoms with Crippen molar-refractivity contribution in [2.45, 2.75) is 57.9 Å². The van der Waals surface area contributed by atoms with E-state index in [2.05, 4.69) is 11.8 Å². The Hall–Kier alpha value is -0.120. The van der Waals surface area contributed by atoms with E-state index in [-0.39, 0.29) is 0 Å². The van der Waals surface area contributed by atoms with Gasteiger partial charge in [0, 0.05) is 32.2 Å². The second-order valence-electron chi connectivity index (χ2n) is 8.46. The third-order valence-electron chi connectivity index (χ3n) is 6.81. The fourth-order valence-electron chi connectivity index (χ4n) is 6.45. The van der Waals surface area contributed by atoms with Crippen molar-refractivity contribution in [3.8, 4) is 0 Å². The molecule has 1 atom stereocenters. The summed E-state index contributed by atoms with van der Waals surface area (Å²) in [5, 5.41) is 11.0. The average Bonchev–Trinajstić information content (AvgIpc) is 2.37. The fourth-order valence-corrected chi connectivity index (χ4v) is 6.45. The van der Waals surface area contributed by atoms with Gasteiger partial charge in [-0.1, -0.05) is 0 Å². The minimum atomic E-state index is 0.699. The molecule has 1 unspecified atom stereocenters. The zero-order valence-corrected chi connectivity index (χ0v) is 12.9. The van der Waals surface area contributed by atoms with E-state index in [0.717, 1.165) is 43.9 Å². The maximum atomic E-state index is 9.52. The summed E-state index contributed by atoms with van der Waals surface area (Å²) < 4.78 is 0. The summed E-state index contributed by atoms with van der Waals surface area (Å²) in [6, 6.07) is 0.708. The molecule has 4 bridgehead atoms. The van der Waals surface area contributed by atoms with Crippen LogP contribution in [0.3, 0.4) is 0 Å². The van der Waals surface area contributed by atoms with Crippen LogP contribution in [0.25, 0.3) is 0 Å². The average molecular weight is 278 g/mol. The normalized spacial score (nSPS) is 46.8. The molecule has 0 aromatic rings. The predicted octanol–water partition coefficient (Wildman–Crippen LogP) is 2.99. The van der Waals surface area contributed by atoms with Gasteiger partial charge in [-0.2, -0.15) is 5.06 Å². The summed E-state index contributed by atoms with van der Waals surface area (Å²) in [7, 11) is 0. The summed E-state index contributed by atoms with van der Waals surface area (Å²) in [6.45, 7) is 6.18. The largest absolute Gasteiger partial charge is 0.314 e. The van der Waals surface area contributed by atoms with Gasteiger partial charge in [-0.3, -0.25) is 4.90 Å². The third kappa shape index (κ3) is 2.42. The van der Waals surface area contributed by atoms with Crippen LogP contribution in [0.5, 0.6) is 0 Å². The van der Waals surface area contributed by atoms with Gasteiger partial charge >= 0.3 is 0 Å². The van der Waals surface area contributed by atoms with Crippen LogP contribution in [0.1, 0.15) is 51.9 Å². The topological polar surface area (TPSA) is 26.7 Å². The summed E-state index contributed by atoms with van der Waals surface area (Å²) >= 11 is 0. The van der Waals surface area contributed by atoms with Crippen molar-refractivity contribution in [2.75, 3.05) is 26.2 Å². The predicted molar refractivity (Wildman–Crippen MR) is 79.6 cm³/mol. The molecule has 1 heterocycles. The SMILES string of the molecule is CC(CC12CC3CC(CC(C3)C1)C2)N1CCN(O)CC1. The van der Waals surface area contributed by atoms with E-state index in [9.17, 15) is 5.21 Å². The zero-order valence-electron chi connectivity index (χ0n) is 12.9. The van der Waals surface area contributed by atoms with E-state index in [1.54, 1.807) is 19.3 Å². The van der Waals surface area contributed by atoms with Crippen molar-refractivity contribution < 1.29 is 5.21 Å². The highest BCUT2D eigenvalue weighted by Crippen LogP contribution is 2.61. The Labute approximate surface area is 123 Å². The summed E-state index contributed by atoms with van der Waals surface area (Å²) in [5.41, 5.74) is 0.699. The molecule has 20 heavy (non-hydrogen) atoms. The van der Waals surface area contributed by atoms with Gasteiger partial charge in [-0.15, -0.1) is 0 Å². The summed E-state index contributed by atoms with van der Waals surface area (Å²) in [4.78, 5) is 2.62. The number of hydrogen-bond donors (Lipinski definition) is 1. The van der Waals surface area contributed by atoms with Gasteiger partial charge in [0.05, 0.1) is 0 Å². The first-order chi connectivity index (χ1) is 9.62. The van der Waals surface area contributed by atoms with Crippen molar-refractivity contribution >= 4 is 0 Å². The molecule has 0 spiro atoms. The molecule has 0 aromatic carbocycles. The Kier molecular flexibility index (Phi) is 3.36. The third-order valence-corrected chi connectivity index (χ3v) is 6.81. The lowest BCUT2D eigenvalue weighted by atomic mass is 9.48. The first-order valence-electron chi connectivity index (χ1n) is 8.80. The van der Waals surface area contributed by atoms with Crippen molar-refractivity contribution in [2.24, 2.45) is 23.2 Å². The van der Waals surface area contributed by atoms with Crippen LogP contribution in [0, 0.1) is 23.2 Å². The monoisotopic (exact) mass is 278 g/mol. The summed E-state index contributed by atoms with van der Waals surface area (Å²) in [5.74, 6) is 3.22. The molecular weight excluding hydrogens is 248 g/mol. The maximum absolute atomic E-state index is 9.52. The molecule has 0 amide bonds. The fraction of sp³-hybridized carbons (Fsp3) is 1.00. The highest BCUT2D eigenvalue weighted by molar-refractivity contribution is 5.02. The summed E-state index contributed by atoms with van der Waals surface area (Å²) in [6.07, 6.45) is 10.7.